The highest BCUT2D eigenvalue weighted by Gasteiger charge is 2.43. The van der Waals surface area contributed by atoms with E-state index in [0.717, 1.165) is 43.6 Å². The molecule has 2 aliphatic rings. The molecule has 2 nitrogen and oxygen atoms in total. The maximum Gasteiger partial charge on any atom is 0.0510 e. The van der Waals surface area contributed by atoms with Crippen LogP contribution < -0.4 is 5.32 Å². The Balaban J connectivity index is 1.88. The summed E-state index contributed by atoms with van der Waals surface area (Å²) in [6.45, 7) is 7.64. The lowest BCUT2D eigenvalue weighted by Crippen LogP contribution is -2.38. The van der Waals surface area contributed by atoms with E-state index in [2.05, 4.69) is 19.2 Å². The van der Waals surface area contributed by atoms with E-state index in [9.17, 15) is 0 Å². The third-order valence-corrected chi connectivity index (χ3v) is 3.55. The van der Waals surface area contributed by atoms with Gasteiger partial charge in [-0.25, -0.2) is 0 Å². The van der Waals surface area contributed by atoms with Crippen LogP contribution in [0.2, 0.25) is 0 Å². The van der Waals surface area contributed by atoms with Gasteiger partial charge in [0, 0.05) is 18.6 Å². The van der Waals surface area contributed by atoms with Crippen LogP contribution in [0.25, 0.3) is 0 Å². The molecule has 1 saturated carbocycles. The van der Waals surface area contributed by atoms with Crippen molar-refractivity contribution in [2.75, 3.05) is 19.8 Å². The smallest absolute Gasteiger partial charge is 0.0510 e. The Kier molecular flexibility index (Phi) is 2.89. The van der Waals surface area contributed by atoms with Crippen molar-refractivity contribution in [2.24, 2.45) is 17.8 Å². The number of nitrogens with one attached hydrogen (secondary N) is 1. The van der Waals surface area contributed by atoms with E-state index >= 15 is 0 Å². The summed E-state index contributed by atoms with van der Waals surface area (Å²) < 4.78 is 5.46. The van der Waals surface area contributed by atoms with Crippen LogP contribution in [0.1, 0.15) is 26.7 Å². The molecule has 4 unspecified atom stereocenters. The molecule has 1 aliphatic heterocycles. The van der Waals surface area contributed by atoms with Crippen molar-refractivity contribution in [2.45, 2.75) is 32.7 Å². The second-order valence-electron chi connectivity index (χ2n) is 4.58. The molecule has 4 atom stereocenters. The second-order valence-corrected chi connectivity index (χ2v) is 4.58. The molecule has 0 aromatic heterocycles. The van der Waals surface area contributed by atoms with E-state index in [-0.39, 0.29) is 0 Å². The summed E-state index contributed by atoms with van der Waals surface area (Å²) in [6.07, 6.45) is 2.69. The predicted molar refractivity (Wildman–Crippen MR) is 53.7 cm³/mol. The van der Waals surface area contributed by atoms with Crippen LogP contribution in [0.3, 0.4) is 0 Å². The van der Waals surface area contributed by atoms with Crippen molar-refractivity contribution in [1.29, 1.82) is 0 Å². The van der Waals surface area contributed by atoms with Crippen molar-refractivity contribution in [3.8, 4) is 0 Å². The van der Waals surface area contributed by atoms with E-state index in [4.69, 9.17) is 4.74 Å². The van der Waals surface area contributed by atoms with E-state index < -0.39 is 0 Å². The third kappa shape index (κ3) is 2.05. The quantitative estimate of drug-likeness (QED) is 0.715. The van der Waals surface area contributed by atoms with E-state index in [1.54, 1.807) is 0 Å². The molecule has 0 aromatic rings. The number of hydrogen-bond donors (Lipinski definition) is 1. The van der Waals surface area contributed by atoms with E-state index in [0.29, 0.717) is 0 Å². The zero-order chi connectivity index (χ0) is 9.26. The van der Waals surface area contributed by atoms with Gasteiger partial charge in [-0.15, -0.1) is 0 Å². The van der Waals surface area contributed by atoms with Gasteiger partial charge in [0.25, 0.3) is 0 Å². The van der Waals surface area contributed by atoms with Gasteiger partial charge >= 0.3 is 0 Å². The molecule has 1 aliphatic carbocycles. The zero-order valence-electron chi connectivity index (χ0n) is 8.75. The van der Waals surface area contributed by atoms with Crippen molar-refractivity contribution < 1.29 is 4.74 Å². The Hall–Kier alpha value is -0.0800. The average molecular weight is 183 g/mol. The molecule has 13 heavy (non-hydrogen) atoms. The Morgan fingerprint density at radius 3 is 2.77 bits per heavy atom. The summed E-state index contributed by atoms with van der Waals surface area (Å²) in [7, 11) is 0. The van der Waals surface area contributed by atoms with Gasteiger partial charge in [0.1, 0.15) is 0 Å². The minimum Gasteiger partial charge on any atom is -0.381 e. The summed E-state index contributed by atoms with van der Waals surface area (Å²) in [5, 5.41) is 3.64. The van der Waals surface area contributed by atoms with Crippen LogP contribution in [0.4, 0.5) is 0 Å². The highest BCUT2D eigenvalue weighted by molar-refractivity contribution is 4.96. The lowest BCUT2D eigenvalue weighted by Gasteiger charge is -2.23. The second kappa shape index (κ2) is 3.97. The van der Waals surface area contributed by atoms with Gasteiger partial charge in [0.2, 0.25) is 0 Å². The van der Waals surface area contributed by atoms with Gasteiger partial charge < -0.3 is 10.1 Å². The lowest BCUT2D eigenvalue weighted by atomic mass is 9.94. The van der Waals surface area contributed by atoms with Gasteiger partial charge in [-0.1, -0.05) is 13.8 Å². The first kappa shape index (κ1) is 9.47. The Morgan fingerprint density at radius 1 is 1.54 bits per heavy atom. The van der Waals surface area contributed by atoms with Crippen LogP contribution >= 0.6 is 0 Å². The van der Waals surface area contributed by atoms with Crippen LogP contribution in [0.5, 0.6) is 0 Å². The van der Waals surface area contributed by atoms with Crippen LogP contribution in [-0.2, 0) is 4.74 Å². The molecule has 0 spiro atoms. The summed E-state index contributed by atoms with van der Waals surface area (Å²) in [5.41, 5.74) is 0. The van der Waals surface area contributed by atoms with Gasteiger partial charge in [0.15, 0.2) is 0 Å². The molecule has 0 aromatic carbocycles. The third-order valence-electron chi connectivity index (χ3n) is 3.55. The fraction of sp³-hybridized carbons (Fsp3) is 1.00. The fourth-order valence-electron chi connectivity index (χ4n) is 2.59. The minimum absolute atomic E-state index is 0.738. The normalized spacial score (nSPS) is 40.6. The first-order valence-electron chi connectivity index (χ1n) is 5.64. The number of rotatable bonds is 4. The van der Waals surface area contributed by atoms with Gasteiger partial charge in [0.05, 0.1) is 6.61 Å². The molecule has 2 rings (SSSR count). The van der Waals surface area contributed by atoms with Crippen molar-refractivity contribution >= 4 is 0 Å². The zero-order valence-corrected chi connectivity index (χ0v) is 8.75. The average Bonchev–Trinajstić information content (AvgIpc) is 2.69. The standard InChI is InChI=1S/C11H21NO/c1-3-12-11(10-6-8(10)2)9-4-5-13-7-9/h8-12H,3-7H2,1-2H3. The van der Waals surface area contributed by atoms with Crippen molar-refractivity contribution in [3.05, 3.63) is 0 Å². The molecule has 1 heterocycles. The monoisotopic (exact) mass is 183 g/mol. The van der Waals surface area contributed by atoms with Crippen LogP contribution in [0, 0.1) is 17.8 Å². The number of hydrogen-bond acceptors (Lipinski definition) is 2. The van der Waals surface area contributed by atoms with Crippen LogP contribution in [0.15, 0.2) is 0 Å². The lowest BCUT2D eigenvalue weighted by molar-refractivity contribution is 0.173. The van der Waals surface area contributed by atoms with E-state index in [1.165, 1.54) is 12.8 Å². The largest absolute Gasteiger partial charge is 0.381 e. The topological polar surface area (TPSA) is 21.3 Å². The summed E-state index contributed by atoms with van der Waals surface area (Å²) >= 11 is 0. The molecule has 76 valence electrons. The molecule has 1 saturated heterocycles. The predicted octanol–water partition coefficient (Wildman–Crippen LogP) is 1.66. The molecule has 1 N–H and O–H groups in total. The Labute approximate surface area is 81.0 Å². The van der Waals surface area contributed by atoms with E-state index in [1.807, 2.05) is 0 Å². The van der Waals surface area contributed by atoms with Crippen molar-refractivity contribution in [1.82, 2.24) is 5.32 Å². The summed E-state index contributed by atoms with van der Waals surface area (Å²) in [6, 6.07) is 0.738. The maximum absolute atomic E-state index is 5.46. The maximum atomic E-state index is 5.46. The molecular weight excluding hydrogens is 162 g/mol. The molecular formula is C11H21NO. The SMILES string of the molecule is CCNC(C1CCOC1)C1CC1C. The van der Waals surface area contributed by atoms with Gasteiger partial charge in [-0.2, -0.15) is 0 Å². The molecule has 0 radical (unpaired) electrons. The fourth-order valence-corrected chi connectivity index (χ4v) is 2.59. The molecule has 0 bridgehead atoms. The first-order chi connectivity index (χ1) is 6.33. The Bertz CT molecular complexity index is 165. The molecule has 2 fully saturated rings. The highest BCUT2D eigenvalue weighted by atomic mass is 16.5. The van der Waals surface area contributed by atoms with Gasteiger partial charge in [-0.3, -0.25) is 0 Å². The Morgan fingerprint density at radius 2 is 2.31 bits per heavy atom. The molecule has 0 amide bonds. The summed E-state index contributed by atoms with van der Waals surface area (Å²) in [4.78, 5) is 0. The van der Waals surface area contributed by atoms with Crippen LogP contribution in [-0.4, -0.2) is 25.8 Å². The minimum atomic E-state index is 0.738. The van der Waals surface area contributed by atoms with Crippen molar-refractivity contribution in [3.63, 3.8) is 0 Å². The highest BCUT2D eigenvalue weighted by Crippen LogP contribution is 2.44. The van der Waals surface area contributed by atoms with Gasteiger partial charge in [-0.05, 0) is 31.2 Å². The summed E-state index contributed by atoms with van der Waals surface area (Å²) in [5.74, 6) is 2.67. The first-order valence-corrected chi connectivity index (χ1v) is 5.64. The number of ether oxygens (including phenoxy) is 1. The molecule has 2 heteroatoms.